The second-order valence-corrected chi connectivity index (χ2v) is 6.50. The molecule has 0 amide bonds. The van der Waals surface area contributed by atoms with Crippen LogP contribution in [0.2, 0.25) is 0 Å². The van der Waals surface area contributed by atoms with Crippen molar-refractivity contribution in [2.45, 2.75) is 38.5 Å². The Labute approximate surface area is 147 Å². The Kier molecular flexibility index (Phi) is 4.42. The second-order valence-electron chi connectivity index (χ2n) is 6.50. The minimum absolute atomic E-state index is 0.290. The van der Waals surface area contributed by atoms with Gasteiger partial charge in [-0.1, -0.05) is 38.3 Å². The van der Waals surface area contributed by atoms with E-state index in [0.717, 1.165) is 23.3 Å². The molecule has 25 heavy (non-hydrogen) atoms. The van der Waals surface area contributed by atoms with Gasteiger partial charge in [0.05, 0.1) is 11.2 Å². The number of nitrogens with zero attached hydrogens (tertiary/aromatic N) is 4. The second kappa shape index (κ2) is 7.01. The number of benzene rings is 1. The Hall–Kier alpha value is -2.75. The molecule has 3 heterocycles. The van der Waals surface area contributed by atoms with Crippen molar-refractivity contribution in [3.63, 3.8) is 0 Å². The summed E-state index contributed by atoms with van der Waals surface area (Å²) < 4.78 is 1.87. The van der Waals surface area contributed by atoms with Gasteiger partial charge in [-0.15, -0.1) is 0 Å². The minimum atomic E-state index is 0.290. The maximum absolute atomic E-state index is 4.79. The molecule has 0 bridgehead atoms. The van der Waals surface area contributed by atoms with Crippen LogP contribution < -0.4 is 0 Å². The SMILES string of the molecule is CCCCCC(c1ccc2ncccc2c1)c1cc2ncccn2n1. The van der Waals surface area contributed by atoms with Gasteiger partial charge in [0.15, 0.2) is 5.65 Å². The van der Waals surface area contributed by atoms with Gasteiger partial charge in [0.1, 0.15) is 0 Å². The Morgan fingerprint density at radius 3 is 2.80 bits per heavy atom. The lowest BCUT2D eigenvalue weighted by Crippen LogP contribution is -2.03. The molecule has 0 N–H and O–H groups in total. The van der Waals surface area contributed by atoms with Gasteiger partial charge in [-0.2, -0.15) is 5.10 Å². The highest BCUT2D eigenvalue weighted by molar-refractivity contribution is 5.79. The van der Waals surface area contributed by atoms with E-state index in [1.807, 2.05) is 35.2 Å². The van der Waals surface area contributed by atoms with E-state index in [-0.39, 0.29) is 5.92 Å². The predicted molar refractivity (Wildman–Crippen MR) is 101 cm³/mol. The molecular formula is C21H22N4. The van der Waals surface area contributed by atoms with E-state index in [1.165, 1.54) is 30.2 Å². The summed E-state index contributed by atoms with van der Waals surface area (Å²) in [6.07, 6.45) is 10.4. The Morgan fingerprint density at radius 2 is 1.92 bits per heavy atom. The maximum Gasteiger partial charge on any atom is 0.155 e. The van der Waals surface area contributed by atoms with Crippen LogP contribution in [-0.2, 0) is 0 Å². The third-order valence-electron chi connectivity index (χ3n) is 4.74. The number of aromatic nitrogens is 4. The molecule has 1 atom stereocenters. The topological polar surface area (TPSA) is 43.1 Å². The monoisotopic (exact) mass is 330 g/mol. The molecule has 1 aromatic carbocycles. The van der Waals surface area contributed by atoms with Crippen LogP contribution in [0.5, 0.6) is 0 Å². The molecule has 0 fully saturated rings. The largest absolute Gasteiger partial charge is 0.256 e. The Balaban J connectivity index is 1.75. The summed E-state index contributed by atoms with van der Waals surface area (Å²) >= 11 is 0. The third kappa shape index (κ3) is 3.25. The zero-order valence-electron chi connectivity index (χ0n) is 14.5. The van der Waals surface area contributed by atoms with Gasteiger partial charge in [0.25, 0.3) is 0 Å². The fourth-order valence-corrected chi connectivity index (χ4v) is 3.41. The molecule has 4 rings (SSSR count). The van der Waals surface area contributed by atoms with Crippen LogP contribution in [0.1, 0.15) is 49.8 Å². The molecule has 0 aliphatic carbocycles. The lowest BCUT2D eigenvalue weighted by Gasteiger charge is -2.15. The highest BCUT2D eigenvalue weighted by Gasteiger charge is 2.18. The molecule has 0 saturated heterocycles. The zero-order chi connectivity index (χ0) is 17.1. The van der Waals surface area contributed by atoms with E-state index >= 15 is 0 Å². The van der Waals surface area contributed by atoms with Crippen molar-refractivity contribution in [3.8, 4) is 0 Å². The van der Waals surface area contributed by atoms with Gasteiger partial charge < -0.3 is 0 Å². The van der Waals surface area contributed by atoms with E-state index in [2.05, 4.69) is 47.2 Å². The Bertz CT molecular complexity index is 956. The first kappa shape index (κ1) is 15.8. The lowest BCUT2D eigenvalue weighted by molar-refractivity contribution is 0.606. The molecule has 4 heteroatoms. The van der Waals surface area contributed by atoms with Crippen LogP contribution in [0.25, 0.3) is 16.6 Å². The van der Waals surface area contributed by atoms with Gasteiger partial charge in [-0.05, 0) is 36.2 Å². The fraction of sp³-hybridized carbons (Fsp3) is 0.286. The third-order valence-corrected chi connectivity index (χ3v) is 4.74. The van der Waals surface area contributed by atoms with E-state index in [9.17, 15) is 0 Å². The first-order chi connectivity index (χ1) is 12.3. The summed E-state index contributed by atoms with van der Waals surface area (Å²) in [5.41, 5.74) is 4.34. The predicted octanol–water partition coefficient (Wildman–Crippen LogP) is 4.99. The molecule has 126 valence electrons. The molecule has 0 aliphatic rings. The average Bonchev–Trinajstić information content (AvgIpc) is 3.08. The van der Waals surface area contributed by atoms with Crippen molar-refractivity contribution in [2.75, 3.05) is 0 Å². The van der Waals surface area contributed by atoms with E-state index in [4.69, 9.17) is 5.10 Å². The fourth-order valence-electron chi connectivity index (χ4n) is 3.41. The summed E-state index contributed by atoms with van der Waals surface area (Å²) in [5, 5.41) is 5.97. The Morgan fingerprint density at radius 1 is 1.00 bits per heavy atom. The lowest BCUT2D eigenvalue weighted by atomic mass is 9.89. The normalized spacial score (nSPS) is 12.7. The first-order valence-electron chi connectivity index (χ1n) is 9.00. The van der Waals surface area contributed by atoms with Crippen LogP contribution in [0.3, 0.4) is 0 Å². The molecular weight excluding hydrogens is 308 g/mol. The van der Waals surface area contributed by atoms with E-state index in [1.54, 1.807) is 0 Å². The van der Waals surface area contributed by atoms with Gasteiger partial charge in [0, 0.05) is 36.0 Å². The van der Waals surface area contributed by atoms with E-state index in [0.29, 0.717) is 0 Å². The number of fused-ring (bicyclic) bond motifs is 2. The van der Waals surface area contributed by atoms with Crippen LogP contribution in [0, 0.1) is 0 Å². The highest BCUT2D eigenvalue weighted by atomic mass is 15.2. The van der Waals surface area contributed by atoms with Crippen molar-refractivity contribution < 1.29 is 0 Å². The molecule has 4 nitrogen and oxygen atoms in total. The average molecular weight is 330 g/mol. The van der Waals surface area contributed by atoms with Gasteiger partial charge in [-0.25, -0.2) is 9.50 Å². The van der Waals surface area contributed by atoms with Crippen LogP contribution in [0.15, 0.2) is 61.1 Å². The summed E-state index contributed by atoms with van der Waals surface area (Å²) in [5.74, 6) is 0.290. The number of pyridine rings is 1. The molecule has 3 aromatic heterocycles. The van der Waals surface area contributed by atoms with Crippen molar-refractivity contribution in [2.24, 2.45) is 0 Å². The molecule has 0 spiro atoms. The zero-order valence-corrected chi connectivity index (χ0v) is 14.5. The van der Waals surface area contributed by atoms with Crippen molar-refractivity contribution in [1.82, 2.24) is 19.6 Å². The van der Waals surface area contributed by atoms with Crippen molar-refractivity contribution in [1.29, 1.82) is 0 Å². The van der Waals surface area contributed by atoms with Gasteiger partial charge in [0.2, 0.25) is 0 Å². The minimum Gasteiger partial charge on any atom is -0.256 e. The standard InChI is InChI=1S/C21H22N4/c1-2-3-4-8-18(20-15-21-23-12-6-13-25(21)24-20)16-9-10-19-17(14-16)7-5-11-22-19/h5-7,9-15,18H,2-4,8H2,1H3. The molecule has 0 aliphatic heterocycles. The smallest absolute Gasteiger partial charge is 0.155 e. The van der Waals surface area contributed by atoms with Gasteiger partial charge in [-0.3, -0.25) is 4.98 Å². The summed E-state index contributed by atoms with van der Waals surface area (Å²) in [7, 11) is 0. The van der Waals surface area contributed by atoms with Crippen LogP contribution >= 0.6 is 0 Å². The maximum atomic E-state index is 4.79. The molecule has 1 unspecified atom stereocenters. The number of hydrogen-bond donors (Lipinski definition) is 0. The highest BCUT2D eigenvalue weighted by Crippen LogP contribution is 2.31. The van der Waals surface area contributed by atoms with Crippen molar-refractivity contribution >= 4 is 16.6 Å². The van der Waals surface area contributed by atoms with Crippen molar-refractivity contribution in [3.05, 3.63) is 72.3 Å². The number of hydrogen-bond acceptors (Lipinski definition) is 3. The molecule has 0 saturated carbocycles. The summed E-state index contributed by atoms with van der Waals surface area (Å²) in [4.78, 5) is 8.85. The molecule has 4 aromatic rings. The number of rotatable bonds is 6. The quantitative estimate of drug-likeness (QED) is 0.468. The molecule has 0 radical (unpaired) electrons. The summed E-state index contributed by atoms with van der Waals surface area (Å²) in [6.45, 7) is 2.24. The van der Waals surface area contributed by atoms with Crippen LogP contribution in [-0.4, -0.2) is 19.6 Å². The summed E-state index contributed by atoms with van der Waals surface area (Å²) in [6, 6.07) is 14.7. The van der Waals surface area contributed by atoms with Crippen LogP contribution in [0.4, 0.5) is 0 Å². The van der Waals surface area contributed by atoms with Gasteiger partial charge >= 0.3 is 0 Å². The first-order valence-corrected chi connectivity index (χ1v) is 9.00. The van der Waals surface area contributed by atoms with E-state index < -0.39 is 0 Å². The number of unbranched alkanes of at least 4 members (excludes halogenated alkanes) is 2.